The Labute approximate surface area is 65.7 Å². The van der Waals surface area contributed by atoms with Gasteiger partial charge < -0.3 is 16.8 Å². The first-order chi connectivity index (χ1) is 4.63. The van der Waals surface area contributed by atoms with Crippen molar-refractivity contribution in [2.45, 2.75) is 6.92 Å². The van der Waals surface area contributed by atoms with E-state index in [4.69, 9.17) is 23.1 Å². The Balaban J connectivity index is 4.46. The largest absolute Gasteiger partial charge is 0.397 e. The van der Waals surface area contributed by atoms with Crippen LogP contribution in [0.4, 0.5) is 0 Å². The second kappa shape index (κ2) is 4.06. The molecule has 0 aromatic carbocycles. The Morgan fingerprint density at radius 1 is 1.50 bits per heavy atom. The Kier molecular flexibility index (Phi) is 3.72. The third-order valence-electron chi connectivity index (χ3n) is 1.08. The van der Waals surface area contributed by atoms with Gasteiger partial charge in [-0.2, -0.15) is 0 Å². The second-order valence-corrected chi connectivity index (χ2v) is 2.10. The predicted octanol–water partition coefficient (Wildman–Crippen LogP) is 0.435. The van der Waals surface area contributed by atoms with Crippen molar-refractivity contribution < 1.29 is 0 Å². The first kappa shape index (κ1) is 9.17. The molecule has 0 rings (SSSR count). The Morgan fingerprint density at radius 2 is 2.00 bits per heavy atom. The van der Waals surface area contributed by atoms with Crippen molar-refractivity contribution in [3.8, 4) is 0 Å². The molecule has 0 amide bonds. The van der Waals surface area contributed by atoms with Gasteiger partial charge in [0.2, 0.25) is 0 Å². The van der Waals surface area contributed by atoms with Crippen LogP contribution in [0, 0.1) is 0 Å². The zero-order chi connectivity index (χ0) is 8.15. The van der Waals surface area contributed by atoms with Gasteiger partial charge in [-0.15, -0.1) is 0 Å². The van der Waals surface area contributed by atoms with Crippen molar-refractivity contribution >= 4 is 11.6 Å². The van der Waals surface area contributed by atoms with Gasteiger partial charge in [-0.1, -0.05) is 17.7 Å². The molecule has 0 heterocycles. The smallest absolute Gasteiger partial charge is 0.127 e. The number of nitrogens with one attached hydrogen (secondary N) is 1. The van der Waals surface area contributed by atoms with Gasteiger partial charge in [-0.25, -0.2) is 0 Å². The van der Waals surface area contributed by atoms with E-state index in [9.17, 15) is 0 Å². The Hall–Kier alpha value is -0.830. The maximum Gasteiger partial charge on any atom is 0.127 e. The van der Waals surface area contributed by atoms with Crippen LogP contribution in [0.15, 0.2) is 22.6 Å². The summed E-state index contributed by atoms with van der Waals surface area (Å²) in [7, 11) is 1.68. The van der Waals surface area contributed by atoms with Crippen molar-refractivity contribution in [1.82, 2.24) is 5.32 Å². The summed E-state index contributed by atoms with van der Waals surface area (Å²) < 4.78 is 0. The Morgan fingerprint density at radius 3 is 2.30 bits per heavy atom. The lowest BCUT2D eigenvalue weighted by Gasteiger charge is -2.03. The molecule has 0 bridgehead atoms. The van der Waals surface area contributed by atoms with Crippen LogP contribution in [0.25, 0.3) is 0 Å². The van der Waals surface area contributed by atoms with Crippen LogP contribution in [0.5, 0.6) is 0 Å². The zero-order valence-electron chi connectivity index (χ0n) is 6.11. The molecular formula is C6H12ClN3. The molecule has 4 heteroatoms. The van der Waals surface area contributed by atoms with E-state index in [0.717, 1.165) is 0 Å². The lowest BCUT2D eigenvalue weighted by Crippen LogP contribution is -2.15. The van der Waals surface area contributed by atoms with Gasteiger partial charge in [-0.05, 0) is 6.92 Å². The summed E-state index contributed by atoms with van der Waals surface area (Å²) >= 11 is 5.61. The molecule has 0 aliphatic rings. The molecule has 0 aromatic heterocycles. The first-order valence-electron chi connectivity index (χ1n) is 2.88. The number of allylic oxidation sites excluding steroid dienone is 1. The number of nitrogens with two attached hydrogens (primary N) is 2. The highest BCUT2D eigenvalue weighted by Gasteiger charge is 1.98. The van der Waals surface area contributed by atoms with Crippen LogP contribution >= 0.6 is 11.6 Å². The fraction of sp³-hybridized carbons (Fsp3) is 0.333. The lowest BCUT2D eigenvalue weighted by molar-refractivity contribution is 1.03. The normalized spacial score (nSPS) is 14.5. The van der Waals surface area contributed by atoms with Crippen molar-refractivity contribution in [3.63, 3.8) is 0 Å². The van der Waals surface area contributed by atoms with E-state index in [1.165, 1.54) is 0 Å². The van der Waals surface area contributed by atoms with Crippen molar-refractivity contribution in [2.75, 3.05) is 7.05 Å². The van der Waals surface area contributed by atoms with E-state index in [-0.39, 0.29) is 0 Å². The monoisotopic (exact) mass is 161 g/mol. The molecule has 0 aromatic rings. The van der Waals surface area contributed by atoms with Crippen LogP contribution in [-0.2, 0) is 0 Å². The molecule has 58 valence electrons. The second-order valence-electron chi connectivity index (χ2n) is 1.72. The van der Waals surface area contributed by atoms with Crippen LogP contribution in [0.3, 0.4) is 0 Å². The van der Waals surface area contributed by atoms with Crippen LogP contribution in [-0.4, -0.2) is 7.05 Å². The first-order valence-corrected chi connectivity index (χ1v) is 3.26. The standard InChI is InChI=1S/C6H12ClN3/c1-3-4(8)5(9)6(7)10-2/h3,10H,8-9H2,1-2H3/b4-3+,6-5+. The third kappa shape index (κ3) is 2.19. The summed E-state index contributed by atoms with van der Waals surface area (Å²) in [5.74, 6) is 0. The molecule has 0 saturated heterocycles. The van der Waals surface area contributed by atoms with E-state index in [1.807, 2.05) is 0 Å². The molecule has 5 N–H and O–H groups in total. The highest BCUT2D eigenvalue weighted by Crippen LogP contribution is 2.04. The van der Waals surface area contributed by atoms with Gasteiger partial charge in [0.25, 0.3) is 0 Å². The summed E-state index contributed by atoms with van der Waals surface area (Å²) in [4.78, 5) is 0. The third-order valence-corrected chi connectivity index (χ3v) is 1.47. The minimum Gasteiger partial charge on any atom is -0.397 e. The van der Waals surface area contributed by atoms with Gasteiger partial charge in [0.05, 0.1) is 11.4 Å². The number of rotatable bonds is 2. The fourth-order valence-corrected chi connectivity index (χ4v) is 0.526. The van der Waals surface area contributed by atoms with E-state index in [2.05, 4.69) is 5.32 Å². The zero-order valence-corrected chi connectivity index (χ0v) is 6.87. The summed E-state index contributed by atoms with van der Waals surface area (Å²) in [6.45, 7) is 1.79. The van der Waals surface area contributed by atoms with Crippen molar-refractivity contribution in [1.29, 1.82) is 0 Å². The molecular weight excluding hydrogens is 150 g/mol. The molecule has 10 heavy (non-hydrogen) atoms. The summed E-state index contributed by atoms with van der Waals surface area (Å²) in [6.07, 6.45) is 1.69. The topological polar surface area (TPSA) is 64.1 Å². The van der Waals surface area contributed by atoms with Gasteiger partial charge >= 0.3 is 0 Å². The summed E-state index contributed by atoms with van der Waals surface area (Å²) in [5.41, 5.74) is 11.8. The molecule has 0 unspecified atom stereocenters. The molecule has 0 saturated carbocycles. The molecule has 0 fully saturated rings. The van der Waals surface area contributed by atoms with E-state index < -0.39 is 0 Å². The minimum absolute atomic E-state index is 0.371. The average molecular weight is 162 g/mol. The predicted molar refractivity (Wildman–Crippen MR) is 44.1 cm³/mol. The molecule has 0 radical (unpaired) electrons. The minimum atomic E-state index is 0.371. The van der Waals surface area contributed by atoms with Gasteiger partial charge in [0, 0.05) is 7.05 Å². The van der Waals surface area contributed by atoms with Crippen LogP contribution < -0.4 is 16.8 Å². The number of hydrogen-bond donors (Lipinski definition) is 3. The molecule has 0 aliphatic carbocycles. The number of hydrogen-bond acceptors (Lipinski definition) is 3. The SMILES string of the molecule is C/C=C(N)\C(N)=C(\Cl)NC. The maximum absolute atomic E-state index is 5.61. The van der Waals surface area contributed by atoms with Crippen LogP contribution in [0.1, 0.15) is 6.92 Å². The van der Waals surface area contributed by atoms with Crippen LogP contribution in [0.2, 0.25) is 0 Å². The van der Waals surface area contributed by atoms with E-state index >= 15 is 0 Å². The molecule has 0 spiro atoms. The lowest BCUT2D eigenvalue weighted by atomic mass is 10.3. The molecule has 3 nitrogen and oxygen atoms in total. The quantitative estimate of drug-likeness (QED) is 0.407. The molecule has 0 atom stereocenters. The van der Waals surface area contributed by atoms with E-state index in [0.29, 0.717) is 16.6 Å². The highest BCUT2D eigenvalue weighted by molar-refractivity contribution is 6.29. The fourth-order valence-electron chi connectivity index (χ4n) is 0.417. The Bertz CT molecular complexity index is 172. The average Bonchev–Trinajstić information content (AvgIpc) is 2.00. The van der Waals surface area contributed by atoms with E-state index in [1.54, 1.807) is 20.0 Å². The summed E-state index contributed by atoms with van der Waals surface area (Å²) in [6, 6.07) is 0. The van der Waals surface area contributed by atoms with Gasteiger partial charge in [-0.3, -0.25) is 0 Å². The maximum atomic E-state index is 5.61. The van der Waals surface area contributed by atoms with Gasteiger partial charge in [0.1, 0.15) is 5.16 Å². The van der Waals surface area contributed by atoms with Crippen molar-refractivity contribution in [2.24, 2.45) is 11.5 Å². The summed E-state index contributed by atoms with van der Waals surface area (Å²) in [5, 5.41) is 3.05. The molecule has 0 aliphatic heterocycles. The highest BCUT2D eigenvalue weighted by atomic mass is 35.5. The number of halogens is 1. The van der Waals surface area contributed by atoms with Gasteiger partial charge in [0.15, 0.2) is 0 Å². The van der Waals surface area contributed by atoms with Crippen molar-refractivity contribution in [3.05, 3.63) is 22.6 Å².